The predicted molar refractivity (Wildman–Crippen MR) is 113 cm³/mol. The molecule has 0 N–H and O–H groups in total. The summed E-state index contributed by atoms with van der Waals surface area (Å²) in [6, 6.07) is 18.6. The molecule has 2 aromatic carbocycles. The Balaban J connectivity index is 1.59. The molecule has 2 fully saturated rings. The van der Waals surface area contributed by atoms with Gasteiger partial charge in [-0.3, -0.25) is 19.4 Å². The number of benzene rings is 2. The zero-order chi connectivity index (χ0) is 20.8. The summed E-state index contributed by atoms with van der Waals surface area (Å²) in [5.74, 6) is -1.20. The molecule has 2 aliphatic rings. The van der Waals surface area contributed by atoms with E-state index in [-0.39, 0.29) is 11.8 Å². The molecule has 0 spiro atoms. The van der Waals surface area contributed by atoms with Crippen molar-refractivity contribution in [3.8, 4) is 0 Å². The first-order valence-electron chi connectivity index (χ1n) is 9.92. The van der Waals surface area contributed by atoms with Gasteiger partial charge in [0.25, 0.3) is 5.91 Å². The lowest BCUT2D eigenvalue weighted by Crippen LogP contribution is -2.37. The Morgan fingerprint density at radius 2 is 1.63 bits per heavy atom. The number of aromatic nitrogens is 1. The van der Waals surface area contributed by atoms with Gasteiger partial charge in [-0.1, -0.05) is 35.9 Å². The third-order valence-corrected chi connectivity index (χ3v) is 5.77. The summed E-state index contributed by atoms with van der Waals surface area (Å²) in [4.78, 5) is 38.4. The van der Waals surface area contributed by atoms with Crippen molar-refractivity contribution in [1.82, 2.24) is 4.98 Å². The maximum atomic E-state index is 13.6. The molecular formula is C24H21N3O3. The van der Waals surface area contributed by atoms with Crippen LogP contribution >= 0.6 is 0 Å². The van der Waals surface area contributed by atoms with E-state index in [2.05, 4.69) is 4.98 Å². The van der Waals surface area contributed by atoms with Crippen LogP contribution in [0.25, 0.3) is 0 Å². The zero-order valence-corrected chi connectivity index (χ0v) is 16.7. The third kappa shape index (κ3) is 2.80. The first-order valence-corrected chi connectivity index (χ1v) is 9.92. The maximum absolute atomic E-state index is 13.6. The van der Waals surface area contributed by atoms with Crippen molar-refractivity contribution < 1.29 is 14.4 Å². The van der Waals surface area contributed by atoms with Crippen LogP contribution in [0, 0.1) is 19.8 Å². The van der Waals surface area contributed by atoms with Gasteiger partial charge in [-0.25, -0.2) is 9.96 Å². The number of anilines is 2. The van der Waals surface area contributed by atoms with Crippen molar-refractivity contribution in [2.75, 3.05) is 9.96 Å². The van der Waals surface area contributed by atoms with Gasteiger partial charge in [0, 0.05) is 12.4 Å². The number of imide groups is 1. The average molecular weight is 399 g/mol. The van der Waals surface area contributed by atoms with E-state index in [9.17, 15) is 9.59 Å². The Hall–Kier alpha value is -3.51. The molecule has 2 amide bonds. The Morgan fingerprint density at radius 3 is 2.33 bits per heavy atom. The predicted octanol–water partition coefficient (Wildman–Crippen LogP) is 3.75. The van der Waals surface area contributed by atoms with Gasteiger partial charge in [0.15, 0.2) is 6.10 Å². The van der Waals surface area contributed by atoms with E-state index in [1.165, 1.54) is 4.90 Å². The minimum Gasteiger partial charge on any atom is -0.273 e. The van der Waals surface area contributed by atoms with Crippen molar-refractivity contribution in [2.45, 2.75) is 26.0 Å². The van der Waals surface area contributed by atoms with E-state index < -0.39 is 18.1 Å². The van der Waals surface area contributed by atoms with Crippen molar-refractivity contribution in [3.05, 3.63) is 89.7 Å². The highest BCUT2D eigenvalue weighted by Gasteiger charge is 2.60. The first-order chi connectivity index (χ1) is 14.6. The highest BCUT2D eigenvalue weighted by atomic mass is 16.7. The standard InChI is InChI=1S/C24H21N3O3/c1-15-8-9-19(16(2)14-15)26-23(28)20-21(17-10-12-25-13-11-17)27(30-22(20)24(26)29)18-6-4-3-5-7-18/h3-14,20-22H,1-2H3/t20-,21-,22-/m1/s1. The van der Waals surface area contributed by atoms with Gasteiger partial charge in [-0.05, 0) is 55.3 Å². The highest BCUT2D eigenvalue weighted by Crippen LogP contribution is 2.47. The van der Waals surface area contributed by atoms with Crippen LogP contribution < -0.4 is 9.96 Å². The van der Waals surface area contributed by atoms with Gasteiger partial charge >= 0.3 is 0 Å². The average Bonchev–Trinajstić information content (AvgIpc) is 3.26. The number of nitrogens with zero attached hydrogens (tertiary/aromatic N) is 3. The number of carbonyl (C=O) groups excluding carboxylic acids is 2. The summed E-state index contributed by atoms with van der Waals surface area (Å²) in [5, 5.41) is 1.69. The van der Waals surface area contributed by atoms with E-state index in [4.69, 9.17) is 4.84 Å². The van der Waals surface area contributed by atoms with E-state index >= 15 is 0 Å². The Labute approximate surface area is 174 Å². The topological polar surface area (TPSA) is 62.7 Å². The number of hydrogen-bond donors (Lipinski definition) is 0. The molecule has 0 bridgehead atoms. The number of rotatable bonds is 3. The molecule has 2 aliphatic heterocycles. The van der Waals surface area contributed by atoms with E-state index in [1.807, 2.05) is 74.5 Å². The summed E-state index contributed by atoms with van der Waals surface area (Å²) in [6.07, 6.45) is 2.51. The summed E-state index contributed by atoms with van der Waals surface area (Å²) in [7, 11) is 0. The highest BCUT2D eigenvalue weighted by molar-refractivity contribution is 6.24. The second-order valence-electron chi connectivity index (χ2n) is 7.74. The molecule has 3 heterocycles. The van der Waals surface area contributed by atoms with Crippen molar-refractivity contribution >= 4 is 23.2 Å². The Bertz CT molecular complexity index is 1120. The number of hydrogen-bond acceptors (Lipinski definition) is 5. The fourth-order valence-electron chi connectivity index (χ4n) is 4.41. The van der Waals surface area contributed by atoms with Crippen LogP contribution in [0.2, 0.25) is 0 Å². The molecule has 0 radical (unpaired) electrons. The summed E-state index contributed by atoms with van der Waals surface area (Å²) in [5.41, 5.74) is 4.26. The number of aryl methyl sites for hydroxylation is 2. The number of fused-ring (bicyclic) bond motifs is 1. The van der Waals surface area contributed by atoms with E-state index in [0.29, 0.717) is 5.69 Å². The van der Waals surface area contributed by atoms with Crippen LogP contribution in [-0.4, -0.2) is 22.9 Å². The molecule has 0 saturated carbocycles. The lowest BCUT2D eigenvalue weighted by Gasteiger charge is -2.29. The van der Waals surface area contributed by atoms with Crippen LogP contribution in [0.3, 0.4) is 0 Å². The largest absolute Gasteiger partial charge is 0.273 e. The van der Waals surface area contributed by atoms with Gasteiger partial charge in [-0.2, -0.15) is 0 Å². The monoisotopic (exact) mass is 399 g/mol. The van der Waals surface area contributed by atoms with Gasteiger partial charge in [0.05, 0.1) is 17.4 Å². The molecule has 2 saturated heterocycles. The van der Waals surface area contributed by atoms with Gasteiger partial charge in [-0.15, -0.1) is 0 Å². The molecule has 0 unspecified atom stereocenters. The summed E-state index contributed by atoms with van der Waals surface area (Å²) >= 11 is 0. The number of hydroxylamine groups is 1. The molecule has 3 aromatic rings. The molecule has 5 rings (SSSR count). The molecule has 30 heavy (non-hydrogen) atoms. The van der Waals surface area contributed by atoms with Crippen LogP contribution in [0.15, 0.2) is 73.1 Å². The maximum Gasteiger partial charge on any atom is 0.266 e. The zero-order valence-electron chi connectivity index (χ0n) is 16.7. The Kier molecular flexibility index (Phi) is 4.37. The van der Waals surface area contributed by atoms with Crippen molar-refractivity contribution in [3.63, 3.8) is 0 Å². The minimum atomic E-state index is -0.864. The Morgan fingerprint density at radius 1 is 0.900 bits per heavy atom. The fourth-order valence-corrected chi connectivity index (χ4v) is 4.41. The lowest BCUT2D eigenvalue weighted by atomic mass is 9.91. The third-order valence-electron chi connectivity index (χ3n) is 5.77. The number of carbonyl (C=O) groups is 2. The van der Waals surface area contributed by atoms with Crippen LogP contribution in [0.1, 0.15) is 22.7 Å². The second-order valence-corrected chi connectivity index (χ2v) is 7.74. The fraction of sp³-hybridized carbons (Fsp3) is 0.208. The molecule has 1 aromatic heterocycles. The minimum absolute atomic E-state index is 0.239. The van der Waals surface area contributed by atoms with E-state index in [1.54, 1.807) is 17.5 Å². The van der Waals surface area contributed by atoms with Crippen LogP contribution in [0.5, 0.6) is 0 Å². The smallest absolute Gasteiger partial charge is 0.266 e. The second kappa shape index (κ2) is 7.07. The molecule has 6 nitrogen and oxygen atoms in total. The summed E-state index contributed by atoms with van der Waals surface area (Å²) in [6.45, 7) is 3.90. The van der Waals surface area contributed by atoms with Gasteiger partial charge in [0.1, 0.15) is 5.92 Å². The van der Waals surface area contributed by atoms with E-state index in [0.717, 1.165) is 22.4 Å². The molecule has 150 valence electrons. The molecular weight excluding hydrogens is 378 g/mol. The molecule has 6 heteroatoms. The number of amides is 2. The SMILES string of the molecule is Cc1ccc(N2C(=O)[C@@H]3[C@@H](c4ccncc4)N(c4ccccc4)O[C@H]3C2=O)c(C)c1. The van der Waals surface area contributed by atoms with Crippen molar-refractivity contribution in [2.24, 2.45) is 5.92 Å². The normalized spacial score (nSPS) is 23.2. The number of para-hydroxylation sites is 1. The summed E-state index contributed by atoms with van der Waals surface area (Å²) < 4.78 is 0. The molecule has 3 atom stereocenters. The van der Waals surface area contributed by atoms with Crippen LogP contribution in [0.4, 0.5) is 11.4 Å². The molecule has 0 aliphatic carbocycles. The van der Waals surface area contributed by atoms with Gasteiger partial charge in [0.2, 0.25) is 5.91 Å². The first kappa shape index (κ1) is 18.5. The van der Waals surface area contributed by atoms with Gasteiger partial charge < -0.3 is 0 Å². The van der Waals surface area contributed by atoms with Crippen molar-refractivity contribution in [1.29, 1.82) is 0 Å². The lowest BCUT2D eigenvalue weighted by molar-refractivity contribution is -0.126. The quantitative estimate of drug-likeness (QED) is 0.628. The number of pyridine rings is 1. The van der Waals surface area contributed by atoms with Crippen LogP contribution in [-0.2, 0) is 14.4 Å².